The normalized spacial score (nSPS) is 20.0. The molecule has 1 aromatic heterocycles. The number of hydrogen-bond donors (Lipinski definition) is 1. The number of nitrogens with two attached hydrogens (primary N) is 1. The molecule has 1 atom stereocenters. The number of carbonyl (C=O) groups is 1. The topological polar surface area (TPSA) is 72.4 Å². The summed E-state index contributed by atoms with van der Waals surface area (Å²) < 4.78 is 5.22. The second-order valence-electron chi connectivity index (χ2n) is 5.28. The molecule has 0 aromatic carbocycles. The minimum atomic E-state index is -0.0835. The lowest BCUT2D eigenvalue weighted by Gasteiger charge is -2.29. The van der Waals surface area contributed by atoms with E-state index in [1.165, 1.54) is 0 Å². The highest BCUT2D eigenvalue weighted by atomic mass is 16.5. The number of hydrogen-bond acceptors (Lipinski definition) is 4. The average molecular weight is 265 g/mol. The van der Waals surface area contributed by atoms with E-state index in [1.807, 2.05) is 0 Å². The summed E-state index contributed by atoms with van der Waals surface area (Å²) in [4.78, 5) is 14.1. The van der Waals surface area contributed by atoms with Gasteiger partial charge in [-0.25, -0.2) is 0 Å². The summed E-state index contributed by atoms with van der Waals surface area (Å²) >= 11 is 0. The molecule has 1 amide bonds. The molecule has 2 N–H and O–H groups in total. The van der Waals surface area contributed by atoms with Crippen LogP contribution in [0.15, 0.2) is 10.6 Å². The number of carbonyl (C=O) groups excluding carboxylic acids is 1. The predicted molar refractivity (Wildman–Crippen MR) is 72.9 cm³/mol. The molecule has 106 valence electrons. The van der Waals surface area contributed by atoms with Crippen molar-refractivity contribution >= 4 is 5.91 Å². The Morgan fingerprint density at radius 3 is 2.95 bits per heavy atom. The zero-order valence-corrected chi connectivity index (χ0v) is 11.8. The van der Waals surface area contributed by atoms with Gasteiger partial charge in [0.25, 0.3) is 5.91 Å². The third-order valence-electron chi connectivity index (χ3n) is 3.89. The number of rotatable bonds is 4. The smallest absolute Gasteiger partial charge is 0.292 e. The molecule has 19 heavy (non-hydrogen) atoms. The van der Waals surface area contributed by atoms with E-state index in [0.29, 0.717) is 18.2 Å². The fourth-order valence-electron chi connectivity index (χ4n) is 2.64. The van der Waals surface area contributed by atoms with Crippen LogP contribution >= 0.6 is 0 Å². The molecule has 0 saturated carbocycles. The van der Waals surface area contributed by atoms with Crippen molar-refractivity contribution in [2.24, 2.45) is 5.73 Å². The zero-order valence-electron chi connectivity index (χ0n) is 11.8. The second-order valence-corrected chi connectivity index (χ2v) is 5.28. The Morgan fingerprint density at radius 1 is 1.58 bits per heavy atom. The van der Waals surface area contributed by atoms with Gasteiger partial charge in [-0.3, -0.25) is 4.79 Å². The van der Waals surface area contributed by atoms with Crippen molar-refractivity contribution in [3.05, 3.63) is 17.5 Å². The summed E-state index contributed by atoms with van der Waals surface area (Å²) in [6.45, 7) is 5.61. The maximum atomic E-state index is 12.3. The molecule has 1 aliphatic rings. The Labute approximate surface area is 114 Å². The van der Waals surface area contributed by atoms with Crippen molar-refractivity contribution in [3.63, 3.8) is 0 Å². The number of nitrogens with zero attached hydrogens (tertiary/aromatic N) is 2. The van der Waals surface area contributed by atoms with Crippen LogP contribution < -0.4 is 5.73 Å². The van der Waals surface area contributed by atoms with Crippen LogP contribution in [-0.4, -0.2) is 35.1 Å². The highest BCUT2D eigenvalue weighted by Gasteiger charge is 2.26. The van der Waals surface area contributed by atoms with Gasteiger partial charge in [0.05, 0.1) is 5.69 Å². The Hall–Kier alpha value is -1.36. The average Bonchev–Trinajstić information content (AvgIpc) is 2.89. The second kappa shape index (κ2) is 6.19. The van der Waals surface area contributed by atoms with Gasteiger partial charge in [-0.05, 0) is 25.7 Å². The number of likely N-dealkylation sites (tertiary alicyclic amines) is 1. The summed E-state index contributed by atoms with van der Waals surface area (Å²) in [6.07, 6.45) is 3.95. The number of aromatic nitrogens is 1. The first kappa shape index (κ1) is 14.1. The van der Waals surface area contributed by atoms with Crippen LogP contribution in [0.3, 0.4) is 0 Å². The van der Waals surface area contributed by atoms with Gasteiger partial charge in [-0.2, -0.15) is 0 Å². The summed E-state index contributed by atoms with van der Waals surface area (Å²) in [5.74, 6) is 0.629. The number of amides is 1. The first-order valence-corrected chi connectivity index (χ1v) is 7.17. The van der Waals surface area contributed by atoms with E-state index in [0.717, 1.165) is 37.9 Å². The van der Waals surface area contributed by atoms with Crippen LogP contribution in [0.1, 0.15) is 61.7 Å². The maximum Gasteiger partial charge on any atom is 0.292 e. The van der Waals surface area contributed by atoms with Gasteiger partial charge in [-0.1, -0.05) is 19.0 Å². The maximum absolute atomic E-state index is 12.3. The summed E-state index contributed by atoms with van der Waals surface area (Å²) in [5, 5.41) is 4.04. The predicted octanol–water partition coefficient (Wildman–Crippen LogP) is 2.14. The quantitative estimate of drug-likeness (QED) is 0.905. The van der Waals surface area contributed by atoms with Gasteiger partial charge >= 0.3 is 0 Å². The fourth-order valence-corrected chi connectivity index (χ4v) is 2.64. The Bertz CT molecular complexity index is 426. The van der Waals surface area contributed by atoms with E-state index in [2.05, 4.69) is 19.0 Å². The lowest BCUT2D eigenvalue weighted by atomic mass is 9.99. The van der Waals surface area contributed by atoms with Crippen molar-refractivity contribution in [3.8, 4) is 0 Å². The van der Waals surface area contributed by atoms with Gasteiger partial charge in [0.1, 0.15) is 0 Å². The Morgan fingerprint density at radius 2 is 2.32 bits per heavy atom. The van der Waals surface area contributed by atoms with Gasteiger partial charge < -0.3 is 15.2 Å². The summed E-state index contributed by atoms with van der Waals surface area (Å²) in [7, 11) is 0. The van der Waals surface area contributed by atoms with Crippen LogP contribution in [0, 0.1) is 0 Å². The lowest BCUT2D eigenvalue weighted by molar-refractivity contribution is 0.0666. The third kappa shape index (κ3) is 3.15. The number of piperidine rings is 1. The Balaban J connectivity index is 2.07. The van der Waals surface area contributed by atoms with E-state index in [1.54, 1.807) is 11.0 Å². The molecular weight excluding hydrogens is 242 g/mol. The first-order valence-electron chi connectivity index (χ1n) is 7.17. The highest BCUT2D eigenvalue weighted by molar-refractivity contribution is 5.91. The molecule has 0 radical (unpaired) electrons. The molecule has 1 aliphatic heterocycles. The Kier molecular flexibility index (Phi) is 4.58. The van der Waals surface area contributed by atoms with Crippen LogP contribution in [0.4, 0.5) is 0 Å². The van der Waals surface area contributed by atoms with Gasteiger partial charge in [0, 0.05) is 31.1 Å². The molecular formula is C14H23N3O2. The van der Waals surface area contributed by atoms with Crippen LogP contribution in [-0.2, 0) is 0 Å². The van der Waals surface area contributed by atoms with E-state index in [9.17, 15) is 4.79 Å². The molecule has 2 heterocycles. The van der Waals surface area contributed by atoms with Crippen LogP contribution in [0.2, 0.25) is 0 Å². The molecule has 0 aliphatic carbocycles. The van der Waals surface area contributed by atoms with E-state index in [-0.39, 0.29) is 11.9 Å². The molecule has 0 spiro atoms. The van der Waals surface area contributed by atoms with Crippen molar-refractivity contribution < 1.29 is 9.32 Å². The SMILES string of the molecule is CCC(CC)c1cc(C(=O)N2CCCC(N)C2)on1. The van der Waals surface area contributed by atoms with Gasteiger partial charge in [0.2, 0.25) is 5.76 Å². The standard InChI is InChI=1S/C14H23N3O2/c1-3-10(4-2)12-8-13(19-16-12)14(18)17-7-5-6-11(15)9-17/h8,10-11H,3-7,9,15H2,1-2H3. The summed E-state index contributed by atoms with van der Waals surface area (Å²) in [6, 6.07) is 1.87. The largest absolute Gasteiger partial charge is 0.351 e. The van der Waals surface area contributed by atoms with Crippen molar-refractivity contribution in [1.82, 2.24) is 10.1 Å². The lowest BCUT2D eigenvalue weighted by Crippen LogP contribution is -2.45. The molecule has 1 aromatic rings. The molecule has 2 rings (SSSR count). The van der Waals surface area contributed by atoms with E-state index in [4.69, 9.17) is 10.3 Å². The highest BCUT2D eigenvalue weighted by Crippen LogP contribution is 2.23. The van der Waals surface area contributed by atoms with Crippen LogP contribution in [0.5, 0.6) is 0 Å². The minimum Gasteiger partial charge on any atom is -0.351 e. The molecule has 1 fully saturated rings. The van der Waals surface area contributed by atoms with E-state index < -0.39 is 0 Å². The third-order valence-corrected chi connectivity index (χ3v) is 3.89. The molecule has 1 unspecified atom stereocenters. The fraction of sp³-hybridized carbons (Fsp3) is 0.714. The monoisotopic (exact) mass is 265 g/mol. The zero-order chi connectivity index (χ0) is 13.8. The van der Waals surface area contributed by atoms with Crippen molar-refractivity contribution in [2.75, 3.05) is 13.1 Å². The van der Waals surface area contributed by atoms with E-state index >= 15 is 0 Å². The van der Waals surface area contributed by atoms with Crippen LogP contribution in [0.25, 0.3) is 0 Å². The minimum absolute atomic E-state index is 0.0825. The van der Waals surface area contributed by atoms with Crippen molar-refractivity contribution in [1.29, 1.82) is 0 Å². The molecule has 5 heteroatoms. The van der Waals surface area contributed by atoms with Gasteiger partial charge in [-0.15, -0.1) is 0 Å². The summed E-state index contributed by atoms with van der Waals surface area (Å²) in [5.41, 5.74) is 6.78. The molecule has 0 bridgehead atoms. The first-order chi connectivity index (χ1) is 9.15. The molecule has 1 saturated heterocycles. The van der Waals surface area contributed by atoms with Crippen molar-refractivity contribution in [2.45, 2.75) is 51.5 Å². The van der Waals surface area contributed by atoms with Gasteiger partial charge in [0.15, 0.2) is 0 Å². The molecule has 5 nitrogen and oxygen atoms in total.